The molecule has 1 fully saturated rings. The van der Waals surface area contributed by atoms with Crippen LogP contribution in [0.4, 0.5) is 5.69 Å². The molecule has 7 nitrogen and oxygen atoms in total. The fraction of sp³-hybridized carbons (Fsp3) is 0.286. The summed E-state index contributed by atoms with van der Waals surface area (Å²) < 4.78 is 6.35. The Balaban J connectivity index is 1.62. The molecule has 2 bridgehead atoms. The smallest absolute Gasteiger partial charge is 0.198 e. The van der Waals surface area contributed by atoms with E-state index < -0.39 is 29.1 Å². The van der Waals surface area contributed by atoms with Crippen molar-refractivity contribution < 1.29 is 24.5 Å². The number of hydrogen-bond donors (Lipinski definition) is 4. The van der Waals surface area contributed by atoms with Crippen LogP contribution in [0, 0.1) is 11.8 Å². The molecule has 2 aromatic carbocycles. The lowest BCUT2D eigenvalue weighted by atomic mass is 9.69. The number of ketones is 2. The van der Waals surface area contributed by atoms with Crippen molar-refractivity contribution in [2.75, 3.05) is 12.4 Å². The van der Waals surface area contributed by atoms with Crippen molar-refractivity contribution in [3.05, 3.63) is 82.0 Å². The van der Waals surface area contributed by atoms with Crippen LogP contribution in [0.25, 0.3) is 0 Å². The number of carbonyl (C=O) groups is 2. The number of rotatable bonds is 3. The number of epoxide rings is 1. The van der Waals surface area contributed by atoms with Gasteiger partial charge in [-0.15, -0.1) is 0 Å². The van der Waals surface area contributed by atoms with Crippen LogP contribution in [0.5, 0.6) is 5.75 Å². The van der Waals surface area contributed by atoms with E-state index in [4.69, 9.17) is 4.74 Å². The van der Waals surface area contributed by atoms with Crippen LogP contribution in [-0.4, -0.2) is 46.6 Å². The van der Waals surface area contributed by atoms with Gasteiger partial charge in [0.25, 0.3) is 0 Å². The van der Waals surface area contributed by atoms with Crippen LogP contribution in [0.3, 0.4) is 0 Å². The first-order valence-corrected chi connectivity index (χ1v) is 11.5. The number of benzene rings is 2. The molecule has 0 spiro atoms. The van der Waals surface area contributed by atoms with Gasteiger partial charge in [-0.2, -0.15) is 0 Å². The molecule has 6 rings (SSSR count). The number of hydrogen-bond acceptors (Lipinski definition) is 7. The molecule has 0 unspecified atom stereocenters. The molecule has 0 amide bonds. The number of ether oxygens (including phenoxy) is 1. The van der Waals surface area contributed by atoms with Crippen LogP contribution >= 0.6 is 0 Å². The summed E-state index contributed by atoms with van der Waals surface area (Å²) in [6.45, 7) is 6.42. The van der Waals surface area contributed by atoms with Gasteiger partial charge < -0.3 is 25.6 Å². The summed E-state index contributed by atoms with van der Waals surface area (Å²) in [4.78, 5) is 27.4. The van der Waals surface area contributed by atoms with Gasteiger partial charge in [-0.3, -0.25) is 9.59 Å². The van der Waals surface area contributed by atoms with Gasteiger partial charge in [0.05, 0.1) is 22.9 Å². The molecular formula is C28H24N2O5. The highest BCUT2D eigenvalue weighted by atomic mass is 16.6. The molecule has 4 N–H and O–H groups in total. The minimum Gasteiger partial charge on any atom is -0.507 e. The van der Waals surface area contributed by atoms with Gasteiger partial charge in [-0.25, -0.2) is 0 Å². The Morgan fingerprint density at radius 2 is 2.03 bits per heavy atom. The van der Waals surface area contributed by atoms with Crippen LogP contribution in [-0.2, 0) is 16.9 Å². The highest BCUT2D eigenvalue weighted by molar-refractivity contribution is 6.31. The molecule has 0 radical (unpaired) electrons. The molecule has 7 heteroatoms. The Labute approximate surface area is 202 Å². The number of aromatic hydroxyl groups is 1. The second-order valence-electron chi connectivity index (χ2n) is 9.47. The molecular weight excluding hydrogens is 444 g/mol. The average Bonchev–Trinajstić information content (AvgIpc) is 3.55. The van der Waals surface area contributed by atoms with Crippen molar-refractivity contribution in [2.45, 2.75) is 43.2 Å². The van der Waals surface area contributed by atoms with Crippen molar-refractivity contribution in [2.24, 2.45) is 0 Å². The number of fused-ring (bicyclic) bond motifs is 4. The summed E-state index contributed by atoms with van der Waals surface area (Å²) in [5, 5.41) is 28.3. The maximum absolute atomic E-state index is 13.8. The number of carbonyl (C=O) groups excluding carboxylic acids is 2. The lowest BCUT2D eigenvalue weighted by Gasteiger charge is -2.37. The predicted octanol–water partition coefficient (Wildman–Crippen LogP) is 2.55. The number of phenolic OH excluding ortho intramolecular Hbond substituents is 1. The Bertz CT molecular complexity index is 1460. The van der Waals surface area contributed by atoms with Gasteiger partial charge >= 0.3 is 0 Å². The van der Waals surface area contributed by atoms with Crippen molar-refractivity contribution in [1.29, 1.82) is 0 Å². The molecule has 2 aliphatic heterocycles. The molecule has 4 atom stereocenters. The Hall–Kier alpha value is -3.70. The number of allylic oxidation sites excluding steroid dienone is 2. The first kappa shape index (κ1) is 21.8. The summed E-state index contributed by atoms with van der Waals surface area (Å²) >= 11 is 0. The summed E-state index contributed by atoms with van der Waals surface area (Å²) in [5.41, 5.74) is 0.681. The molecule has 2 heterocycles. The zero-order chi connectivity index (χ0) is 24.7. The molecule has 0 saturated carbocycles. The summed E-state index contributed by atoms with van der Waals surface area (Å²) in [5.74, 6) is 5.01. The number of anilines is 1. The van der Waals surface area contributed by atoms with Gasteiger partial charge in [-0.1, -0.05) is 30.6 Å². The van der Waals surface area contributed by atoms with E-state index in [9.17, 15) is 19.8 Å². The predicted molar refractivity (Wildman–Crippen MR) is 129 cm³/mol. The number of nitrogens with one attached hydrogen (secondary N) is 2. The Morgan fingerprint density at radius 3 is 2.77 bits per heavy atom. The van der Waals surface area contributed by atoms with Gasteiger partial charge in [0.2, 0.25) is 0 Å². The largest absolute Gasteiger partial charge is 0.507 e. The third kappa shape index (κ3) is 2.56. The topological polar surface area (TPSA) is 111 Å². The lowest BCUT2D eigenvalue weighted by molar-refractivity contribution is 0.0868. The maximum atomic E-state index is 13.8. The second-order valence-corrected chi connectivity index (χ2v) is 9.47. The van der Waals surface area contributed by atoms with E-state index in [1.807, 2.05) is 12.1 Å². The third-order valence-corrected chi connectivity index (χ3v) is 7.55. The molecule has 1 saturated heterocycles. The zero-order valence-electron chi connectivity index (χ0n) is 19.4. The monoisotopic (exact) mass is 468 g/mol. The van der Waals surface area contributed by atoms with Crippen molar-refractivity contribution in [1.82, 2.24) is 5.32 Å². The van der Waals surface area contributed by atoms with E-state index in [1.54, 1.807) is 32.2 Å². The van der Waals surface area contributed by atoms with Crippen LogP contribution in [0.2, 0.25) is 0 Å². The number of aliphatic hydroxyl groups excluding tert-OH is 1. The van der Waals surface area contributed by atoms with Gasteiger partial charge in [0, 0.05) is 23.2 Å². The van der Waals surface area contributed by atoms with Crippen molar-refractivity contribution in [3.8, 4) is 17.6 Å². The minimum absolute atomic E-state index is 0.0407. The van der Waals surface area contributed by atoms with Crippen LogP contribution in [0.15, 0.2) is 48.6 Å². The summed E-state index contributed by atoms with van der Waals surface area (Å²) in [7, 11) is 1.80. The minimum atomic E-state index is -1.16. The number of aliphatic hydroxyl groups is 1. The SMILES string of the molecule is C=C1C/C=C\C#C[C@@H]2Nc3c(cc(O)c4c3C(=O)c3ccc(CNC)cc3C4=O)[C@]13O[C@@]23[C@@H](C)O. The van der Waals surface area contributed by atoms with Crippen LogP contribution < -0.4 is 10.6 Å². The molecule has 0 aromatic heterocycles. The number of phenols is 1. The van der Waals surface area contributed by atoms with E-state index in [2.05, 4.69) is 29.1 Å². The average molecular weight is 469 g/mol. The molecule has 2 aliphatic carbocycles. The van der Waals surface area contributed by atoms with E-state index >= 15 is 0 Å². The van der Waals surface area contributed by atoms with Gasteiger partial charge in [0.1, 0.15) is 11.8 Å². The molecule has 4 aliphatic rings. The highest BCUT2D eigenvalue weighted by Gasteiger charge is 2.80. The van der Waals surface area contributed by atoms with Gasteiger partial charge in [-0.05, 0) is 55.8 Å². The van der Waals surface area contributed by atoms with Gasteiger partial charge in [0.15, 0.2) is 22.8 Å². The fourth-order valence-corrected chi connectivity index (χ4v) is 5.96. The van der Waals surface area contributed by atoms with E-state index in [1.165, 1.54) is 6.07 Å². The standard InChI is InChI=1S/C28H24N2O5/c1-14-7-5-4-6-8-21-28(15(2)31)27(14,35-28)19-12-20(32)22-23(24(19)30-21)25(33)17-10-9-16(13-29-3)11-18(17)26(22)34/h4-5,9-12,15,21,29-32H,1,7,13H2,2-3H3/b5-4-/t15-,21+,27-,28+/m1/s1. The Morgan fingerprint density at radius 1 is 1.26 bits per heavy atom. The highest BCUT2D eigenvalue weighted by Crippen LogP contribution is 2.69. The third-order valence-electron chi connectivity index (χ3n) is 7.55. The summed E-state index contributed by atoms with van der Waals surface area (Å²) in [6.07, 6.45) is 3.10. The van der Waals surface area contributed by atoms with Crippen molar-refractivity contribution >= 4 is 17.3 Å². The fourth-order valence-electron chi connectivity index (χ4n) is 5.96. The maximum Gasteiger partial charge on any atom is 0.198 e. The summed E-state index contributed by atoms with van der Waals surface area (Å²) in [6, 6.07) is 5.95. The zero-order valence-corrected chi connectivity index (χ0v) is 19.4. The van der Waals surface area contributed by atoms with E-state index in [0.717, 1.165) is 5.56 Å². The second kappa shape index (κ2) is 7.15. The Kier molecular flexibility index (Phi) is 4.46. The quantitative estimate of drug-likeness (QED) is 0.202. The van der Waals surface area contributed by atoms with E-state index in [-0.39, 0.29) is 33.8 Å². The molecule has 2 aromatic rings. The molecule has 176 valence electrons. The lowest BCUT2D eigenvalue weighted by Crippen LogP contribution is -2.52. The normalized spacial score (nSPS) is 29.0. The van der Waals surface area contributed by atoms with E-state index in [0.29, 0.717) is 29.8 Å². The molecule has 35 heavy (non-hydrogen) atoms. The van der Waals surface area contributed by atoms with Crippen molar-refractivity contribution in [3.63, 3.8) is 0 Å². The first-order valence-electron chi connectivity index (χ1n) is 11.5. The first-order chi connectivity index (χ1) is 16.8. The van der Waals surface area contributed by atoms with Crippen LogP contribution in [0.1, 0.15) is 56.3 Å².